The number of ether oxygens (including phenoxy) is 3. The quantitative estimate of drug-likeness (QED) is 0.391. The Morgan fingerprint density at radius 3 is 2.48 bits per heavy atom. The molecule has 6 nitrogen and oxygen atoms in total. The van der Waals surface area contributed by atoms with Gasteiger partial charge in [0.1, 0.15) is 0 Å². The Balaban J connectivity index is 1.86. The van der Waals surface area contributed by atoms with Gasteiger partial charge in [-0.25, -0.2) is 4.79 Å². The molecule has 0 fully saturated rings. The Morgan fingerprint density at radius 1 is 1.00 bits per heavy atom. The molecule has 0 saturated heterocycles. The first-order valence-electron chi connectivity index (χ1n) is 10.6. The molecule has 3 aromatic rings. The van der Waals surface area contributed by atoms with Crippen LogP contribution < -0.4 is 14.4 Å². The van der Waals surface area contributed by atoms with Gasteiger partial charge in [0.2, 0.25) is 0 Å². The third-order valence-electron chi connectivity index (χ3n) is 5.60. The second kappa shape index (κ2) is 9.20. The van der Waals surface area contributed by atoms with Gasteiger partial charge in [-0.3, -0.25) is 9.69 Å². The summed E-state index contributed by atoms with van der Waals surface area (Å²) in [6, 6.07) is 19.0. The maximum Gasteiger partial charge on any atom is 0.340 e. The molecular formula is C27H25NO5. The number of carbonyl (C=O) groups is 2. The minimum atomic E-state index is -0.562. The molecule has 0 saturated carbocycles. The summed E-state index contributed by atoms with van der Waals surface area (Å²) in [6.45, 7) is 4.15. The van der Waals surface area contributed by atoms with Gasteiger partial charge in [-0.2, -0.15) is 0 Å². The van der Waals surface area contributed by atoms with Crippen LogP contribution in [0.25, 0.3) is 16.8 Å². The Labute approximate surface area is 192 Å². The molecule has 1 amide bonds. The summed E-state index contributed by atoms with van der Waals surface area (Å²) in [5.74, 6) is 0.296. The third kappa shape index (κ3) is 3.96. The Morgan fingerprint density at radius 2 is 1.76 bits per heavy atom. The minimum absolute atomic E-state index is 0.239. The van der Waals surface area contributed by atoms with Crippen LogP contribution in [0.2, 0.25) is 0 Å². The third-order valence-corrected chi connectivity index (χ3v) is 5.60. The lowest BCUT2D eigenvalue weighted by Gasteiger charge is -2.20. The molecule has 1 aliphatic heterocycles. The largest absolute Gasteiger partial charge is 0.493 e. The van der Waals surface area contributed by atoms with Gasteiger partial charge < -0.3 is 14.2 Å². The Kier molecular flexibility index (Phi) is 6.18. The lowest BCUT2D eigenvalue weighted by Crippen LogP contribution is -2.24. The van der Waals surface area contributed by atoms with Crippen molar-refractivity contribution in [1.82, 2.24) is 0 Å². The van der Waals surface area contributed by atoms with Crippen molar-refractivity contribution in [1.29, 1.82) is 0 Å². The number of methoxy groups -OCH3 is 2. The van der Waals surface area contributed by atoms with Crippen molar-refractivity contribution in [2.45, 2.75) is 13.8 Å². The Bertz CT molecular complexity index is 1300. The zero-order chi connectivity index (χ0) is 23.5. The summed E-state index contributed by atoms with van der Waals surface area (Å²) >= 11 is 0. The topological polar surface area (TPSA) is 65.1 Å². The summed E-state index contributed by atoms with van der Waals surface area (Å²) < 4.78 is 16.0. The van der Waals surface area contributed by atoms with E-state index in [2.05, 4.69) is 0 Å². The Hall–Kier alpha value is -4.06. The fourth-order valence-corrected chi connectivity index (χ4v) is 4.09. The first-order chi connectivity index (χ1) is 16.0. The van der Waals surface area contributed by atoms with E-state index >= 15 is 0 Å². The number of allylic oxidation sites excluding steroid dienone is 1. The summed E-state index contributed by atoms with van der Waals surface area (Å²) in [5, 5.41) is 1.92. The van der Waals surface area contributed by atoms with Crippen LogP contribution in [-0.2, 0) is 14.3 Å². The molecule has 0 radical (unpaired) electrons. The number of hydrogen-bond acceptors (Lipinski definition) is 5. The normalized spacial score (nSPS) is 14.8. The number of hydrogen-bond donors (Lipinski definition) is 0. The van der Waals surface area contributed by atoms with Gasteiger partial charge in [-0.15, -0.1) is 0 Å². The summed E-state index contributed by atoms with van der Waals surface area (Å²) in [7, 11) is 2.87. The van der Waals surface area contributed by atoms with Crippen LogP contribution in [0.3, 0.4) is 0 Å². The molecule has 3 aromatic carbocycles. The molecule has 6 heteroatoms. The van der Waals surface area contributed by atoms with Crippen molar-refractivity contribution in [3.05, 3.63) is 83.1 Å². The number of anilines is 1. The minimum Gasteiger partial charge on any atom is -0.493 e. The van der Waals surface area contributed by atoms with E-state index in [0.717, 1.165) is 10.8 Å². The van der Waals surface area contributed by atoms with Crippen LogP contribution in [0.4, 0.5) is 5.69 Å². The van der Waals surface area contributed by atoms with E-state index < -0.39 is 5.97 Å². The zero-order valence-electron chi connectivity index (χ0n) is 19.0. The van der Waals surface area contributed by atoms with Crippen molar-refractivity contribution >= 4 is 34.4 Å². The summed E-state index contributed by atoms with van der Waals surface area (Å²) in [6.07, 6.45) is 1.68. The maximum atomic E-state index is 13.7. The van der Waals surface area contributed by atoms with Crippen molar-refractivity contribution in [2.24, 2.45) is 0 Å². The van der Waals surface area contributed by atoms with E-state index in [9.17, 15) is 9.59 Å². The van der Waals surface area contributed by atoms with Crippen LogP contribution in [0.1, 0.15) is 19.4 Å². The standard InChI is InChI=1S/C27H25NO5/c1-5-33-23-14-13-18(16-24(23)31-3)15-21-25(27(30)32-4)17(2)28(26(21)29)22-12-8-10-19-9-6-7-11-20(19)22/h6-16H,5H2,1-4H3. The van der Waals surface area contributed by atoms with Crippen molar-refractivity contribution in [3.8, 4) is 11.5 Å². The number of amides is 1. The monoisotopic (exact) mass is 443 g/mol. The fraction of sp³-hybridized carbons (Fsp3) is 0.185. The molecule has 0 N–H and O–H groups in total. The molecule has 0 aromatic heterocycles. The molecule has 0 aliphatic carbocycles. The molecule has 33 heavy (non-hydrogen) atoms. The van der Waals surface area contributed by atoms with Crippen LogP contribution in [-0.4, -0.2) is 32.7 Å². The van der Waals surface area contributed by atoms with Gasteiger partial charge in [-0.1, -0.05) is 42.5 Å². The van der Waals surface area contributed by atoms with E-state index in [1.165, 1.54) is 7.11 Å². The zero-order valence-corrected chi connectivity index (χ0v) is 19.0. The maximum absolute atomic E-state index is 13.7. The number of carbonyl (C=O) groups excluding carboxylic acids is 2. The predicted molar refractivity (Wildman–Crippen MR) is 128 cm³/mol. The van der Waals surface area contributed by atoms with E-state index in [-0.39, 0.29) is 17.1 Å². The van der Waals surface area contributed by atoms with E-state index in [4.69, 9.17) is 14.2 Å². The van der Waals surface area contributed by atoms with Gasteiger partial charge in [-0.05, 0) is 49.1 Å². The average Bonchev–Trinajstić information content (AvgIpc) is 3.08. The lowest BCUT2D eigenvalue weighted by atomic mass is 10.0. The smallest absolute Gasteiger partial charge is 0.340 e. The lowest BCUT2D eigenvalue weighted by molar-refractivity contribution is -0.136. The first-order valence-corrected chi connectivity index (χ1v) is 10.6. The van der Waals surface area contributed by atoms with E-state index in [1.54, 1.807) is 37.1 Å². The highest BCUT2D eigenvalue weighted by Crippen LogP contribution is 2.39. The number of esters is 1. The molecule has 0 bridgehead atoms. The fourth-order valence-electron chi connectivity index (χ4n) is 4.09. The highest BCUT2D eigenvalue weighted by atomic mass is 16.5. The molecular weight excluding hydrogens is 418 g/mol. The number of nitrogens with zero attached hydrogens (tertiary/aromatic N) is 1. The molecule has 0 spiro atoms. The molecule has 1 heterocycles. The van der Waals surface area contributed by atoms with Crippen molar-refractivity contribution in [3.63, 3.8) is 0 Å². The number of fused-ring (bicyclic) bond motifs is 1. The summed E-state index contributed by atoms with van der Waals surface area (Å²) in [4.78, 5) is 28.0. The highest BCUT2D eigenvalue weighted by Gasteiger charge is 2.38. The molecule has 0 unspecified atom stereocenters. The van der Waals surface area contributed by atoms with Crippen LogP contribution in [0, 0.1) is 0 Å². The number of rotatable bonds is 6. The van der Waals surface area contributed by atoms with Gasteiger partial charge in [0.05, 0.1) is 37.7 Å². The van der Waals surface area contributed by atoms with E-state index in [0.29, 0.717) is 35.1 Å². The average molecular weight is 443 g/mol. The van der Waals surface area contributed by atoms with Crippen LogP contribution in [0.15, 0.2) is 77.5 Å². The van der Waals surface area contributed by atoms with Crippen LogP contribution >= 0.6 is 0 Å². The summed E-state index contributed by atoms with van der Waals surface area (Å²) in [5.41, 5.74) is 2.44. The van der Waals surface area contributed by atoms with Gasteiger partial charge in [0.15, 0.2) is 11.5 Å². The SMILES string of the molecule is CCOc1ccc(C=C2C(=O)N(c3cccc4ccccc34)C(C)=C2C(=O)OC)cc1OC. The number of benzene rings is 3. The molecule has 1 aliphatic rings. The molecule has 0 atom stereocenters. The second-order valence-corrected chi connectivity index (χ2v) is 7.49. The van der Waals surface area contributed by atoms with Gasteiger partial charge >= 0.3 is 5.97 Å². The van der Waals surface area contributed by atoms with Crippen molar-refractivity contribution in [2.75, 3.05) is 25.7 Å². The predicted octanol–water partition coefficient (Wildman–Crippen LogP) is 5.12. The second-order valence-electron chi connectivity index (χ2n) is 7.49. The molecule has 168 valence electrons. The van der Waals surface area contributed by atoms with Gasteiger partial charge in [0.25, 0.3) is 5.91 Å². The van der Waals surface area contributed by atoms with Crippen LogP contribution in [0.5, 0.6) is 11.5 Å². The van der Waals surface area contributed by atoms with Crippen molar-refractivity contribution < 1.29 is 23.8 Å². The highest BCUT2D eigenvalue weighted by molar-refractivity contribution is 6.25. The van der Waals surface area contributed by atoms with E-state index in [1.807, 2.05) is 55.5 Å². The van der Waals surface area contributed by atoms with Gasteiger partial charge in [0, 0.05) is 11.1 Å². The first kappa shape index (κ1) is 22.1. The molecule has 4 rings (SSSR count).